The smallest absolute Gasteiger partial charge is 0.169 e. The Balaban J connectivity index is 1.67. The van der Waals surface area contributed by atoms with Gasteiger partial charge in [0.1, 0.15) is 5.82 Å². The van der Waals surface area contributed by atoms with Gasteiger partial charge in [0.2, 0.25) is 0 Å². The molecule has 0 fully saturated rings. The second-order valence-electron chi connectivity index (χ2n) is 5.85. The van der Waals surface area contributed by atoms with Gasteiger partial charge in [-0.05, 0) is 35.4 Å². The topological polar surface area (TPSA) is 30.7 Å². The summed E-state index contributed by atoms with van der Waals surface area (Å²) in [6.45, 7) is 0.652. The SMILES string of the molecule is Fc1ccccc1CSc1nc2ccncc2n1Cc1ccc(Cl)cc1. The van der Waals surface area contributed by atoms with Crippen LogP contribution in [0.25, 0.3) is 11.0 Å². The van der Waals surface area contributed by atoms with Gasteiger partial charge in [0.05, 0.1) is 23.8 Å². The Morgan fingerprint density at radius 3 is 2.65 bits per heavy atom. The molecule has 130 valence electrons. The number of pyridine rings is 1. The second kappa shape index (κ2) is 7.48. The lowest BCUT2D eigenvalue weighted by Gasteiger charge is -2.09. The Morgan fingerprint density at radius 2 is 1.85 bits per heavy atom. The second-order valence-corrected chi connectivity index (χ2v) is 7.23. The third-order valence-electron chi connectivity index (χ3n) is 4.08. The Morgan fingerprint density at radius 1 is 1.04 bits per heavy atom. The summed E-state index contributed by atoms with van der Waals surface area (Å²) in [5.41, 5.74) is 3.62. The van der Waals surface area contributed by atoms with E-state index in [2.05, 4.69) is 9.55 Å². The van der Waals surface area contributed by atoms with Crippen molar-refractivity contribution in [3.63, 3.8) is 0 Å². The highest BCUT2D eigenvalue weighted by Gasteiger charge is 2.13. The van der Waals surface area contributed by atoms with Crippen molar-refractivity contribution in [2.75, 3.05) is 0 Å². The molecule has 0 saturated heterocycles. The van der Waals surface area contributed by atoms with Crippen molar-refractivity contribution in [2.24, 2.45) is 0 Å². The molecule has 4 rings (SSSR count). The molecule has 0 atom stereocenters. The van der Waals surface area contributed by atoms with Gasteiger partial charge in [0, 0.05) is 17.0 Å². The minimum absolute atomic E-state index is 0.193. The average molecular weight is 384 g/mol. The number of hydrogen-bond acceptors (Lipinski definition) is 3. The molecule has 0 radical (unpaired) electrons. The molecular formula is C20H15ClFN3S. The van der Waals surface area contributed by atoms with E-state index in [1.807, 2.05) is 42.6 Å². The quantitative estimate of drug-likeness (QED) is 0.422. The molecular weight excluding hydrogens is 369 g/mol. The van der Waals surface area contributed by atoms with Gasteiger partial charge in [-0.25, -0.2) is 9.37 Å². The summed E-state index contributed by atoms with van der Waals surface area (Å²) in [6.07, 6.45) is 3.54. The summed E-state index contributed by atoms with van der Waals surface area (Å²) < 4.78 is 16.0. The maximum absolute atomic E-state index is 13.9. The van der Waals surface area contributed by atoms with Crippen LogP contribution >= 0.6 is 23.4 Å². The molecule has 0 saturated carbocycles. The molecule has 2 heterocycles. The van der Waals surface area contributed by atoms with Gasteiger partial charge < -0.3 is 4.57 Å². The third-order valence-corrected chi connectivity index (χ3v) is 5.36. The van der Waals surface area contributed by atoms with Gasteiger partial charge in [0.25, 0.3) is 0 Å². The van der Waals surface area contributed by atoms with Crippen LogP contribution in [0.3, 0.4) is 0 Å². The molecule has 0 aliphatic carbocycles. The highest BCUT2D eigenvalue weighted by molar-refractivity contribution is 7.98. The number of benzene rings is 2. The molecule has 4 aromatic rings. The van der Waals surface area contributed by atoms with Gasteiger partial charge in [-0.3, -0.25) is 4.98 Å². The van der Waals surface area contributed by atoms with E-state index in [9.17, 15) is 4.39 Å². The van der Waals surface area contributed by atoms with E-state index >= 15 is 0 Å². The summed E-state index contributed by atoms with van der Waals surface area (Å²) in [6, 6.07) is 16.5. The minimum atomic E-state index is -0.193. The third kappa shape index (κ3) is 3.59. The molecule has 0 aliphatic heterocycles. The largest absolute Gasteiger partial charge is 0.313 e. The molecule has 2 aromatic carbocycles. The van der Waals surface area contributed by atoms with Gasteiger partial charge >= 0.3 is 0 Å². The van der Waals surface area contributed by atoms with Crippen molar-refractivity contribution in [3.8, 4) is 0 Å². The zero-order valence-corrected chi connectivity index (χ0v) is 15.3. The first-order chi connectivity index (χ1) is 12.7. The monoisotopic (exact) mass is 383 g/mol. The van der Waals surface area contributed by atoms with Crippen LogP contribution in [-0.4, -0.2) is 14.5 Å². The molecule has 0 aliphatic rings. The predicted molar refractivity (Wildman–Crippen MR) is 104 cm³/mol. The number of thioether (sulfide) groups is 1. The first-order valence-electron chi connectivity index (χ1n) is 8.11. The number of hydrogen-bond donors (Lipinski definition) is 0. The van der Waals surface area contributed by atoms with Gasteiger partial charge in [-0.1, -0.05) is 53.7 Å². The predicted octanol–water partition coefficient (Wildman–Crippen LogP) is 5.56. The number of aromatic nitrogens is 3. The normalized spacial score (nSPS) is 11.2. The number of imidazole rings is 1. The highest BCUT2D eigenvalue weighted by Crippen LogP contribution is 2.28. The summed E-state index contributed by atoms with van der Waals surface area (Å²) in [4.78, 5) is 8.93. The van der Waals surface area contributed by atoms with Crippen LogP contribution < -0.4 is 0 Å². The first-order valence-corrected chi connectivity index (χ1v) is 9.48. The fourth-order valence-corrected chi connectivity index (χ4v) is 3.87. The lowest BCUT2D eigenvalue weighted by atomic mass is 10.2. The molecule has 6 heteroatoms. The standard InChI is InChI=1S/C20H15ClFN3S/c21-16-7-5-14(6-8-16)12-25-19-11-23-10-9-18(19)24-20(25)26-13-15-3-1-2-4-17(15)22/h1-11H,12-13H2. The lowest BCUT2D eigenvalue weighted by molar-refractivity contribution is 0.617. The van der Waals surface area contributed by atoms with Crippen LogP contribution in [0.15, 0.2) is 72.1 Å². The number of fused-ring (bicyclic) bond motifs is 1. The van der Waals surface area contributed by atoms with Crippen molar-refractivity contribution in [1.82, 2.24) is 14.5 Å². The van der Waals surface area contributed by atoms with Crippen LogP contribution in [0.5, 0.6) is 0 Å². The van der Waals surface area contributed by atoms with Crippen LogP contribution in [0.1, 0.15) is 11.1 Å². The van der Waals surface area contributed by atoms with Crippen LogP contribution in [0.4, 0.5) is 4.39 Å². The Hall–Kier alpha value is -2.37. The molecule has 0 bridgehead atoms. The molecule has 0 unspecified atom stereocenters. The van der Waals surface area contributed by atoms with E-state index in [4.69, 9.17) is 16.6 Å². The van der Waals surface area contributed by atoms with Gasteiger partial charge in [-0.2, -0.15) is 0 Å². The minimum Gasteiger partial charge on any atom is -0.313 e. The van der Waals surface area contributed by atoms with Gasteiger partial charge in [0.15, 0.2) is 5.16 Å². The molecule has 0 amide bonds. The van der Waals surface area contributed by atoms with E-state index in [0.29, 0.717) is 22.9 Å². The number of rotatable bonds is 5. The van der Waals surface area contributed by atoms with Crippen molar-refractivity contribution in [1.29, 1.82) is 0 Å². The fraction of sp³-hybridized carbons (Fsp3) is 0.100. The zero-order valence-electron chi connectivity index (χ0n) is 13.8. The summed E-state index contributed by atoms with van der Waals surface area (Å²) in [7, 11) is 0. The van der Waals surface area contributed by atoms with Crippen molar-refractivity contribution < 1.29 is 4.39 Å². The van der Waals surface area contributed by atoms with Crippen LogP contribution in [-0.2, 0) is 12.3 Å². The van der Waals surface area contributed by atoms with Crippen molar-refractivity contribution in [3.05, 3.63) is 89.0 Å². The zero-order chi connectivity index (χ0) is 17.9. The fourth-order valence-electron chi connectivity index (χ4n) is 2.74. The Bertz CT molecular complexity index is 1050. The highest BCUT2D eigenvalue weighted by atomic mass is 35.5. The van der Waals surface area contributed by atoms with E-state index in [1.165, 1.54) is 17.8 Å². The Labute approximate surface area is 159 Å². The van der Waals surface area contributed by atoms with Crippen molar-refractivity contribution in [2.45, 2.75) is 17.5 Å². The van der Waals surface area contributed by atoms with Crippen LogP contribution in [0, 0.1) is 5.82 Å². The molecule has 0 N–H and O–H groups in total. The molecule has 2 aromatic heterocycles. The van der Waals surface area contributed by atoms with E-state index in [1.54, 1.807) is 18.3 Å². The van der Waals surface area contributed by atoms with Crippen LogP contribution in [0.2, 0.25) is 5.02 Å². The van der Waals surface area contributed by atoms with Crippen molar-refractivity contribution >= 4 is 34.4 Å². The summed E-state index contributed by atoms with van der Waals surface area (Å²) in [5, 5.41) is 1.55. The summed E-state index contributed by atoms with van der Waals surface area (Å²) >= 11 is 7.50. The maximum atomic E-state index is 13.9. The molecule has 3 nitrogen and oxygen atoms in total. The lowest BCUT2D eigenvalue weighted by Crippen LogP contribution is -2.02. The van der Waals surface area contributed by atoms with E-state index in [-0.39, 0.29) is 5.82 Å². The first kappa shape index (κ1) is 17.1. The Kier molecular flexibility index (Phi) is 4.91. The summed E-state index contributed by atoms with van der Waals surface area (Å²) in [5.74, 6) is 0.325. The number of halogens is 2. The number of nitrogens with zero attached hydrogens (tertiary/aromatic N) is 3. The van der Waals surface area contributed by atoms with E-state index < -0.39 is 0 Å². The molecule has 0 spiro atoms. The van der Waals surface area contributed by atoms with E-state index in [0.717, 1.165) is 21.8 Å². The average Bonchev–Trinajstić information content (AvgIpc) is 3.00. The van der Waals surface area contributed by atoms with Gasteiger partial charge in [-0.15, -0.1) is 0 Å². The maximum Gasteiger partial charge on any atom is 0.169 e. The molecule has 26 heavy (non-hydrogen) atoms.